The molecule has 3 rings (SSSR count). The maximum Gasteiger partial charge on any atom is 0.170 e. The molecular weight excluding hydrogens is 286 g/mol. The van der Waals surface area contributed by atoms with Crippen LogP contribution in [0.4, 0.5) is 5.69 Å². The molecule has 0 saturated carbocycles. The molecular formula is C20H23NO2. The summed E-state index contributed by atoms with van der Waals surface area (Å²) >= 11 is 0. The Kier molecular flexibility index (Phi) is 4.22. The molecule has 2 aromatic carbocycles. The highest BCUT2D eigenvalue weighted by atomic mass is 16.3. The molecule has 0 saturated heterocycles. The lowest BCUT2D eigenvalue weighted by atomic mass is 9.94. The SMILES string of the molecule is Cc1ccc(CC(=O)[C@@](C)(O)CN2CCc3ccccc32)cc1. The molecule has 3 nitrogen and oxygen atoms in total. The molecule has 0 bridgehead atoms. The van der Waals surface area contributed by atoms with Gasteiger partial charge < -0.3 is 10.0 Å². The molecule has 0 fully saturated rings. The third kappa shape index (κ3) is 3.45. The number of benzene rings is 2. The Bertz CT molecular complexity index is 704. The Morgan fingerprint density at radius 2 is 1.87 bits per heavy atom. The first-order chi connectivity index (χ1) is 11.0. The number of Topliss-reactive ketones (excluding diaryl/α,β-unsaturated/α-hetero) is 1. The Balaban J connectivity index is 1.69. The van der Waals surface area contributed by atoms with Crippen molar-refractivity contribution in [2.45, 2.75) is 32.3 Å². The van der Waals surface area contributed by atoms with Crippen LogP contribution < -0.4 is 4.90 Å². The van der Waals surface area contributed by atoms with Crippen LogP contribution in [-0.4, -0.2) is 29.6 Å². The van der Waals surface area contributed by atoms with Crippen LogP contribution in [-0.2, 0) is 17.6 Å². The number of fused-ring (bicyclic) bond motifs is 1. The zero-order chi connectivity index (χ0) is 16.4. The first-order valence-electron chi connectivity index (χ1n) is 8.10. The molecule has 1 aliphatic rings. The Hall–Kier alpha value is -2.13. The van der Waals surface area contributed by atoms with Gasteiger partial charge in [-0.2, -0.15) is 0 Å². The average Bonchev–Trinajstić information content (AvgIpc) is 2.92. The number of β-amino-alcohol motifs (C(OH)–C–C–N with tert-alkyl or cyclic N) is 1. The van der Waals surface area contributed by atoms with Gasteiger partial charge in [-0.3, -0.25) is 4.79 Å². The van der Waals surface area contributed by atoms with Crippen molar-refractivity contribution in [3.8, 4) is 0 Å². The van der Waals surface area contributed by atoms with E-state index in [0.717, 1.165) is 24.2 Å². The van der Waals surface area contributed by atoms with E-state index in [4.69, 9.17) is 0 Å². The van der Waals surface area contributed by atoms with Gasteiger partial charge in [0.05, 0.1) is 6.54 Å². The van der Waals surface area contributed by atoms with Crippen molar-refractivity contribution in [1.82, 2.24) is 0 Å². The molecule has 0 aromatic heterocycles. The molecule has 120 valence electrons. The molecule has 0 radical (unpaired) electrons. The minimum absolute atomic E-state index is 0.134. The fourth-order valence-electron chi connectivity index (χ4n) is 3.11. The molecule has 1 atom stereocenters. The third-order valence-electron chi connectivity index (χ3n) is 4.57. The molecule has 0 aliphatic carbocycles. The number of para-hydroxylation sites is 1. The van der Waals surface area contributed by atoms with Gasteiger partial charge >= 0.3 is 0 Å². The van der Waals surface area contributed by atoms with Crippen LogP contribution in [0.2, 0.25) is 0 Å². The van der Waals surface area contributed by atoms with Crippen molar-refractivity contribution >= 4 is 11.5 Å². The Morgan fingerprint density at radius 1 is 1.17 bits per heavy atom. The maximum atomic E-state index is 12.5. The standard InChI is InChI=1S/C20H23NO2/c1-15-7-9-16(10-8-15)13-19(22)20(2,23)14-21-12-11-17-5-3-4-6-18(17)21/h3-10,23H,11-14H2,1-2H3/t20-/m0/s1. The van der Waals surface area contributed by atoms with Crippen LogP contribution in [0.5, 0.6) is 0 Å². The van der Waals surface area contributed by atoms with Crippen LogP contribution in [0.1, 0.15) is 23.6 Å². The fourth-order valence-corrected chi connectivity index (χ4v) is 3.11. The van der Waals surface area contributed by atoms with Crippen molar-refractivity contribution in [2.24, 2.45) is 0 Å². The highest BCUT2D eigenvalue weighted by molar-refractivity contribution is 5.89. The number of ketones is 1. The van der Waals surface area contributed by atoms with Gasteiger partial charge in [-0.05, 0) is 37.5 Å². The average molecular weight is 309 g/mol. The van der Waals surface area contributed by atoms with Gasteiger partial charge in [-0.25, -0.2) is 0 Å². The smallest absolute Gasteiger partial charge is 0.170 e. The van der Waals surface area contributed by atoms with Gasteiger partial charge in [0.2, 0.25) is 0 Å². The zero-order valence-electron chi connectivity index (χ0n) is 13.7. The van der Waals surface area contributed by atoms with Gasteiger partial charge in [0.15, 0.2) is 5.78 Å². The predicted molar refractivity (Wildman–Crippen MR) is 92.9 cm³/mol. The van der Waals surface area contributed by atoms with E-state index in [1.54, 1.807) is 6.92 Å². The van der Waals surface area contributed by atoms with Gasteiger partial charge in [0.1, 0.15) is 5.60 Å². The monoisotopic (exact) mass is 309 g/mol. The second-order valence-corrected chi connectivity index (χ2v) is 6.66. The van der Waals surface area contributed by atoms with Gasteiger partial charge in [0.25, 0.3) is 0 Å². The van der Waals surface area contributed by atoms with E-state index in [-0.39, 0.29) is 12.2 Å². The minimum atomic E-state index is -1.34. The zero-order valence-corrected chi connectivity index (χ0v) is 13.7. The molecule has 2 aromatic rings. The molecule has 0 amide bonds. The second-order valence-electron chi connectivity index (χ2n) is 6.66. The molecule has 0 spiro atoms. The number of hydrogen-bond donors (Lipinski definition) is 1. The fraction of sp³-hybridized carbons (Fsp3) is 0.350. The summed E-state index contributed by atoms with van der Waals surface area (Å²) in [5.41, 5.74) is 3.19. The second kappa shape index (κ2) is 6.17. The van der Waals surface area contributed by atoms with Crippen molar-refractivity contribution in [3.63, 3.8) is 0 Å². The number of anilines is 1. The van der Waals surface area contributed by atoms with Gasteiger partial charge in [-0.1, -0.05) is 48.0 Å². The summed E-state index contributed by atoms with van der Waals surface area (Å²) in [7, 11) is 0. The Morgan fingerprint density at radius 3 is 2.61 bits per heavy atom. The third-order valence-corrected chi connectivity index (χ3v) is 4.57. The number of hydrogen-bond acceptors (Lipinski definition) is 3. The molecule has 23 heavy (non-hydrogen) atoms. The largest absolute Gasteiger partial charge is 0.380 e. The highest BCUT2D eigenvalue weighted by Gasteiger charge is 2.34. The lowest BCUT2D eigenvalue weighted by Crippen LogP contribution is -2.47. The van der Waals surface area contributed by atoms with Crippen LogP contribution in [0.25, 0.3) is 0 Å². The van der Waals surface area contributed by atoms with Crippen LogP contribution in [0, 0.1) is 6.92 Å². The first kappa shape index (κ1) is 15.8. The van der Waals surface area contributed by atoms with E-state index in [1.165, 1.54) is 11.1 Å². The van der Waals surface area contributed by atoms with Crippen LogP contribution in [0.3, 0.4) is 0 Å². The van der Waals surface area contributed by atoms with E-state index in [2.05, 4.69) is 17.0 Å². The number of aliphatic hydroxyl groups is 1. The first-order valence-corrected chi connectivity index (χ1v) is 8.10. The Labute approximate surface area is 137 Å². The molecule has 1 aliphatic heterocycles. The van der Waals surface area contributed by atoms with Crippen LogP contribution >= 0.6 is 0 Å². The number of carbonyl (C=O) groups is 1. The maximum absolute atomic E-state index is 12.5. The number of carbonyl (C=O) groups excluding carboxylic acids is 1. The molecule has 1 heterocycles. The summed E-state index contributed by atoms with van der Waals surface area (Å²) in [6.07, 6.45) is 1.24. The molecule has 0 unspecified atom stereocenters. The predicted octanol–water partition coefficient (Wildman–Crippen LogP) is 2.92. The summed E-state index contributed by atoms with van der Waals surface area (Å²) in [6.45, 7) is 4.85. The summed E-state index contributed by atoms with van der Waals surface area (Å²) < 4.78 is 0. The number of aryl methyl sites for hydroxylation is 1. The number of nitrogens with zero attached hydrogens (tertiary/aromatic N) is 1. The van der Waals surface area contributed by atoms with Crippen molar-refractivity contribution in [2.75, 3.05) is 18.0 Å². The quantitative estimate of drug-likeness (QED) is 0.923. The molecule has 1 N–H and O–H groups in total. The van der Waals surface area contributed by atoms with Crippen LogP contribution in [0.15, 0.2) is 48.5 Å². The lowest BCUT2D eigenvalue weighted by molar-refractivity contribution is -0.134. The van der Waals surface area contributed by atoms with Crippen molar-refractivity contribution in [3.05, 3.63) is 65.2 Å². The van der Waals surface area contributed by atoms with E-state index < -0.39 is 5.60 Å². The van der Waals surface area contributed by atoms with Gasteiger partial charge in [-0.15, -0.1) is 0 Å². The normalized spacial score (nSPS) is 16.0. The van der Waals surface area contributed by atoms with Gasteiger partial charge in [0, 0.05) is 18.7 Å². The van der Waals surface area contributed by atoms with E-state index >= 15 is 0 Å². The summed E-state index contributed by atoms with van der Waals surface area (Å²) in [4.78, 5) is 14.7. The van der Waals surface area contributed by atoms with E-state index in [0.29, 0.717) is 6.54 Å². The van der Waals surface area contributed by atoms with Crippen molar-refractivity contribution < 1.29 is 9.90 Å². The minimum Gasteiger partial charge on any atom is -0.380 e. The lowest BCUT2D eigenvalue weighted by Gasteiger charge is -2.29. The summed E-state index contributed by atoms with van der Waals surface area (Å²) in [5.74, 6) is -0.134. The van der Waals surface area contributed by atoms with E-state index in [9.17, 15) is 9.90 Å². The highest BCUT2D eigenvalue weighted by Crippen LogP contribution is 2.29. The molecule has 3 heteroatoms. The topological polar surface area (TPSA) is 40.5 Å². The summed E-state index contributed by atoms with van der Waals surface area (Å²) in [6, 6.07) is 16.1. The number of rotatable bonds is 5. The summed E-state index contributed by atoms with van der Waals surface area (Å²) in [5, 5.41) is 10.7. The van der Waals surface area contributed by atoms with E-state index in [1.807, 2.05) is 43.3 Å². The van der Waals surface area contributed by atoms with Crippen molar-refractivity contribution in [1.29, 1.82) is 0 Å².